The number of H-pyrrole nitrogens is 1. The number of ether oxygens (including phenoxy) is 3. The van der Waals surface area contributed by atoms with Crippen LogP contribution in [0.3, 0.4) is 0 Å². The van der Waals surface area contributed by atoms with Crippen molar-refractivity contribution in [2.45, 2.75) is 0 Å². The van der Waals surface area contributed by atoms with Gasteiger partial charge >= 0.3 is 0 Å². The molecule has 25 heavy (non-hydrogen) atoms. The number of nitrogens with zero attached hydrogens (tertiary/aromatic N) is 1. The molecule has 0 bridgehead atoms. The molecule has 126 valence electrons. The minimum atomic E-state index is -0.397. The Morgan fingerprint density at radius 2 is 1.92 bits per heavy atom. The predicted molar refractivity (Wildman–Crippen MR) is 89.4 cm³/mol. The Hall–Kier alpha value is -3.55. The summed E-state index contributed by atoms with van der Waals surface area (Å²) in [7, 11) is 1.55. The molecule has 1 amide bonds. The summed E-state index contributed by atoms with van der Waals surface area (Å²) in [6, 6.07) is 9.75. The second kappa shape index (κ2) is 5.82. The highest BCUT2D eigenvalue weighted by atomic mass is 16.7. The molecule has 8 nitrogen and oxygen atoms in total. The number of hydrogen-bond acceptors (Lipinski definition) is 6. The normalized spacial score (nSPS) is 12.2. The van der Waals surface area contributed by atoms with Crippen molar-refractivity contribution in [3.63, 3.8) is 0 Å². The first-order valence-electron chi connectivity index (χ1n) is 7.43. The van der Waals surface area contributed by atoms with E-state index in [1.807, 2.05) is 0 Å². The largest absolute Gasteiger partial charge is 0.497 e. The first-order chi connectivity index (χ1) is 12.1. The van der Waals surface area contributed by atoms with Crippen LogP contribution in [-0.2, 0) is 0 Å². The first-order valence-corrected chi connectivity index (χ1v) is 7.43. The molecule has 3 aromatic rings. The van der Waals surface area contributed by atoms with Crippen molar-refractivity contribution in [3.8, 4) is 17.2 Å². The summed E-state index contributed by atoms with van der Waals surface area (Å²) in [5.74, 6) is 1.31. The molecule has 1 aliphatic heterocycles. The maximum Gasteiger partial charge on any atom is 0.260 e. The number of carbonyl (C=O) groups is 1. The average molecular weight is 339 g/mol. The predicted octanol–water partition coefficient (Wildman–Crippen LogP) is 1.91. The minimum absolute atomic E-state index is 0.0529. The van der Waals surface area contributed by atoms with Crippen LogP contribution in [0.25, 0.3) is 10.9 Å². The number of amides is 1. The van der Waals surface area contributed by atoms with Crippen LogP contribution in [0.2, 0.25) is 0 Å². The third kappa shape index (κ3) is 2.74. The molecule has 0 aliphatic carbocycles. The molecule has 2 aromatic carbocycles. The summed E-state index contributed by atoms with van der Waals surface area (Å²) in [6.07, 6.45) is 0. The van der Waals surface area contributed by atoms with Gasteiger partial charge < -0.3 is 14.2 Å². The van der Waals surface area contributed by atoms with Gasteiger partial charge in [-0.1, -0.05) is 0 Å². The highest BCUT2D eigenvalue weighted by Gasteiger charge is 2.17. The zero-order valence-corrected chi connectivity index (χ0v) is 13.2. The van der Waals surface area contributed by atoms with Crippen molar-refractivity contribution in [1.29, 1.82) is 0 Å². The number of aromatic nitrogens is 2. The SMILES string of the molecule is COc1ccc(C(=O)Nc2nc3cc4c(cc3c(=O)[nH]2)OCO4)cc1. The van der Waals surface area contributed by atoms with Crippen molar-refractivity contribution >= 4 is 22.8 Å². The van der Waals surface area contributed by atoms with Gasteiger partial charge in [0, 0.05) is 11.6 Å². The van der Waals surface area contributed by atoms with E-state index in [2.05, 4.69) is 15.3 Å². The third-order valence-electron chi connectivity index (χ3n) is 3.78. The van der Waals surface area contributed by atoms with Crippen molar-refractivity contribution in [3.05, 3.63) is 52.3 Å². The van der Waals surface area contributed by atoms with Gasteiger partial charge in [0.1, 0.15) is 5.75 Å². The minimum Gasteiger partial charge on any atom is -0.497 e. The molecular weight excluding hydrogens is 326 g/mol. The van der Waals surface area contributed by atoms with Gasteiger partial charge in [0.15, 0.2) is 11.5 Å². The summed E-state index contributed by atoms with van der Waals surface area (Å²) in [5.41, 5.74) is 0.431. The van der Waals surface area contributed by atoms with Gasteiger partial charge in [0.05, 0.1) is 18.0 Å². The van der Waals surface area contributed by atoms with E-state index in [9.17, 15) is 9.59 Å². The summed E-state index contributed by atoms with van der Waals surface area (Å²) in [6.45, 7) is 0.102. The quantitative estimate of drug-likeness (QED) is 0.756. The van der Waals surface area contributed by atoms with E-state index in [0.29, 0.717) is 33.7 Å². The van der Waals surface area contributed by atoms with Gasteiger partial charge in [-0.3, -0.25) is 19.9 Å². The zero-order chi connectivity index (χ0) is 17.4. The van der Waals surface area contributed by atoms with Crippen LogP contribution in [0.5, 0.6) is 17.2 Å². The highest BCUT2D eigenvalue weighted by molar-refractivity contribution is 6.03. The fraction of sp³-hybridized carbons (Fsp3) is 0.118. The first kappa shape index (κ1) is 15.0. The van der Waals surface area contributed by atoms with Crippen molar-refractivity contribution in [1.82, 2.24) is 9.97 Å². The Balaban J connectivity index is 1.66. The van der Waals surface area contributed by atoms with Crippen LogP contribution >= 0.6 is 0 Å². The average Bonchev–Trinajstić information content (AvgIpc) is 3.07. The summed E-state index contributed by atoms with van der Waals surface area (Å²) >= 11 is 0. The van der Waals surface area contributed by atoms with E-state index in [-0.39, 0.29) is 18.3 Å². The molecule has 0 saturated heterocycles. The summed E-state index contributed by atoms with van der Waals surface area (Å²) in [5, 5.41) is 2.93. The second-order valence-electron chi connectivity index (χ2n) is 5.32. The molecule has 0 unspecified atom stereocenters. The number of rotatable bonds is 3. The lowest BCUT2D eigenvalue weighted by Crippen LogP contribution is -2.18. The standard InChI is InChI=1S/C17H13N3O5/c1-23-10-4-2-9(3-5-10)15(21)19-17-18-12-7-14-13(24-8-25-14)6-11(12)16(22)20-17/h2-7H,8H2,1H3,(H2,18,19,20,21,22). The van der Waals surface area contributed by atoms with Gasteiger partial charge in [-0.2, -0.15) is 0 Å². The van der Waals surface area contributed by atoms with Crippen LogP contribution < -0.4 is 25.1 Å². The highest BCUT2D eigenvalue weighted by Crippen LogP contribution is 2.34. The molecule has 0 atom stereocenters. The zero-order valence-electron chi connectivity index (χ0n) is 13.2. The van der Waals surface area contributed by atoms with E-state index >= 15 is 0 Å². The van der Waals surface area contributed by atoms with Gasteiger partial charge in [0.25, 0.3) is 11.5 Å². The summed E-state index contributed by atoms with van der Waals surface area (Å²) in [4.78, 5) is 31.3. The van der Waals surface area contributed by atoms with Crippen LogP contribution in [0, 0.1) is 0 Å². The molecule has 2 N–H and O–H groups in total. The van der Waals surface area contributed by atoms with E-state index in [4.69, 9.17) is 14.2 Å². The van der Waals surface area contributed by atoms with Crippen LogP contribution in [-0.4, -0.2) is 29.8 Å². The van der Waals surface area contributed by atoms with Gasteiger partial charge in [-0.25, -0.2) is 4.98 Å². The van der Waals surface area contributed by atoms with E-state index in [0.717, 1.165) is 0 Å². The fourth-order valence-electron chi connectivity index (χ4n) is 2.51. The molecular formula is C17H13N3O5. The molecule has 1 aromatic heterocycles. The number of anilines is 1. The maximum atomic E-state index is 12.3. The molecule has 0 radical (unpaired) electrons. The van der Waals surface area contributed by atoms with Crippen LogP contribution in [0.1, 0.15) is 10.4 Å². The maximum absolute atomic E-state index is 12.3. The van der Waals surface area contributed by atoms with E-state index in [1.165, 1.54) is 0 Å². The number of fused-ring (bicyclic) bond motifs is 2. The van der Waals surface area contributed by atoms with E-state index < -0.39 is 5.91 Å². The monoisotopic (exact) mass is 339 g/mol. The van der Waals surface area contributed by atoms with Crippen LogP contribution in [0.4, 0.5) is 5.95 Å². The fourth-order valence-corrected chi connectivity index (χ4v) is 2.51. The second-order valence-corrected chi connectivity index (χ2v) is 5.32. The van der Waals surface area contributed by atoms with Crippen molar-refractivity contribution in [2.24, 2.45) is 0 Å². The van der Waals surface area contributed by atoms with Crippen molar-refractivity contribution < 1.29 is 19.0 Å². The molecule has 0 fully saturated rings. The number of aromatic amines is 1. The Morgan fingerprint density at radius 1 is 1.20 bits per heavy atom. The Kier molecular flexibility index (Phi) is 3.50. The molecule has 4 rings (SSSR count). The Bertz CT molecular complexity index is 1030. The smallest absolute Gasteiger partial charge is 0.260 e. The molecule has 0 spiro atoms. The topological polar surface area (TPSA) is 103 Å². The van der Waals surface area contributed by atoms with Crippen molar-refractivity contribution in [2.75, 3.05) is 19.2 Å². The Morgan fingerprint density at radius 3 is 2.64 bits per heavy atom. The van der Waals surface area contributed by atoms with Crippen LogP contribution in [0.15, 0.2) is 41.2 Å². The lowest BCUT2D eigenvalue weighted by atomic mass is 10.2. The van der Waals surface area contributed by atoms with Gasteiger partial charge in [-0.05, 0) is 30.3 Å². The van der Waals surface area contributed by atoms with E-state index in [1.54, 1.807) is 43.5 Å². The lowest BCUT2D eigenvalue weighted by molar-refractivity contribution is 0.102. The number of hydrogen-bond donors (Lipinski definition) is 2. The lowest BCUT2D eigenvalue weighted by Gasteiger charge is -2.07. The summed E-state index contributed by atoms with van der Waals surface area (Å²) < 4.78 is 15.6. The third-order valence-corrected chi connectivity index (χ3v) is 3.78. The number of carbonyl (C=O) groups excluding carboxylic acids is 1. The molecule has 2 heterocycles. The number of benzene rings is 2. The number of nitrogens with one attached hydrogen (secondary N) is 2. The molecule has 1 aliphatic rings. The van der Waals surface area contributed by atoms with Gasteiger partial charge in [-0.15, -0.1) is 0 Å². The molecule has 8 heteroatoms. The van der Waals surface area contributed by atoms with Gasteiger partial charge in [0.2, 0.25) is 12.7 Å². The Labute approximate surface area is 141 Å². The number of methoxy groups -OCH3 is 1. The molecule has 0 saturated carbocycles.